The van der Waals surface area contributed by atoms with Crippen molar-refractivity contribution in [3.05, 3.63) is 63.5 Å². The van der Waals surface area contributed by atoms with Crippen LogP contribution < -0.4 is 16.0 Å². The summed E-state index contributed by atoms with van der Waals surface area (Å²) in [5, 5.41) is 17.1. The van der Waals surface area contributed by atoms with Crippen molar-refractivity contribution >= 4 is 70.9 Å². The highest BCUT2D eigenvalue weighted by atomic mass is 35.5. The van der Waals surface area contributed by atoms with Crippen molar-refractivity contribution in [3.63, 3.8) is 0 Å². The molecule has 2 heterocycles. The number of benzene rings is 1. The molecule has 3 amide bonds. The summed E-state index contributed by atoms with van der Waals surface area (Å²) in [5.41, 5.74) is 0.362. The van der Waals surface area contributed by atoms with Crippen LogP contribution in [0, 0.1) is 0 Å². The molecule has 2 aromatic rings. The van der Waals surface area contributed by atoms with E-state index in [0.29, 0.717) is 23.0 Å². The zero-order valence-electron chi connectivity index (χ0n) is 18.0. The van der Waals surface area contributed by atoms with Gasteiger partial charge in [-0.25, -0.2) is 9.79 Å². The number of nitrogens with one attached hydrogen (secondary N) is 3. The van der Waals surface area contributed by atoms with Gasteiger partial charge in [-0.3, -0.25) is 19.7 Å². The normalized spacial score (nSPS) is 16.5. The third-order valence-corrected chi connectivity index (χ3v) is 6.19. The summed E-state index contributed by atoms with van der Waals surface area (Å²) in [6, 6.07) is 4.16. The lowest BCUT2D eigenvalue weighted by atomic mass is 10.1. The highest BCUT2D eigenvalue weighted by molar-refractivity contribution is 7.99. The highest BCUT2D eigenvalue weighted by Gasteiger charge is 2.25. The van der Waals surface area contributed by atoms with Crippen molar-refractivity contribution in [2.75, 3.05) is 11.6 Å². The van der Waals surface area contributed by atoms with E-state index in [4.69, 9.17) is 27.6 Å². The smallest absolute Gasteiger partial charge is 0.331 e. The minimum Gasteiger partial charge on any atom is -0.479 e. The number of aliphatic imine (C=N–C) groups is 1. The molecule has 0 unspecified atom stereocenters. The maximum Gasteiger partial charge on any atom is 0.331 e. The lowest BCUT2D eigenvalue weighted by Crippen LogP contribution is -2.43. The lowest BCUT2D eigenvalue weighted by Gasteiger charge is -2.14. The van der Waals surface area contributed by atoms with Gasteiger partial charge in [-0.2, -0.15) is 0 Å². The standard InChI is InChI=1S/C22H20Cl2N4O6S/c23-14-6-12(8-25-18(29)4-3-13-2-1-5-34-13)7-15(24)19(14)21(31)28-16(22(32)33)9-26-20(30)17-10-35-11-27-17/h1-7,9,16-17,27H,8,10-11H2,(H,25,29)(H,28,31)(H,32,33)/b4-3+,26-9?/t16-,17-/m0/s1. The predicted octanol–water partition coefficient (Wildman–Crippen LogP) is 2.36. The molecule has 4 N–H and O–H groups in total. The van der Waals surface area contributed by atoms with Crippen LogP contribution >= 0.6 is 35.0 Å². The van der Waals surface area contributed by atoms with Crippen LogP contribution in [-0.4, -0.2) is 58.7 Å². The summed E-state index contributed by atoms with van der Waals surface area (Å²) < 4.78 is 5.10. The number of hydrogen-bond donors (Lipinski definition) is 4. The third kappa shape index (κ3) is 7.69. The Kier molecular flexibility index (Phi) is 9.49. The number of halogens is 2. The Labute approximate surface area is 214 Å². The summed E-state index contributed by atoms with van der Waals surface area (Å²) in [4.78, 5) is 51.9. The number of thioether (sulfide) groups is 1. The molecular formula is C22H20Cl2N4O6S. The van der Waals surface area contributed by atoms with E-state index < -0.39 is 29.9 Å². The molecule has 1 fully saturated rings. The monoisotopic (exact) mass is 538 g/mol. The van der Waals surface area contributed by atoms with E-state index in [1.54, 1.807) is 12.1 Å². The Bertz CT molecular complexity index is 1140. The minimum absolute atomic E-state index is 0.0466. The molecule has 0 radical (unpaired) electrons. The first-order chi connectivity index (χ1) is 16.7. The van der Waals surface area contributed by atoms with Gasteiger partial charge in [0.05, 0.1) is 27.9 Å². The largest absolute Gasteiger partial charge is 0.479 e. The Morgan fingerprint density at radius 2 is 2.03 bits per heavy atom. The van der Waals surface area contributed by atoms with E-state index in [1.165, 1.54) is 42.3 Å². The van der Waals surface area contributed by atoms with Gasteiger partial charge in [0.15, 0.2) is 6.04 Å². The quantitative estimate of drug-likeness (QED) is 0.280. The zero-order valence-corrected chi connectivity index (χ0v) is 20.3. The molecule has 2 atom stereocenters. The van der Waals surface area contributed by atoms with Crippen molar-refractivity contribution in [1.29, 1.82) is 0 Å². The maximum atomic E-state index is 12.7. The van der Waals surface area contributed by atoms with Gasteiger partial charge in [-0.1, -0.05) is 23.2 Å². The number of aliphatic carboxylic acids is 1. The maximum absolute atomic E-state index is 12.7. The molecule has 1 aliphatic heterocycles. The van der Waals surface area contributed by atoms with Crippen LogP contribution in [-0.2, 0) is 20.9 Å². The lowest BCUT2D eigenvalue weighted by molar-refractivity contribution is -0.137. The van der Waals surface area contributed by atoms with Crippen molar-refractivity contribution in [1.82, 2.24) is 16.0 Å². The average Bonchev–Trinajstić information content (AvgIpc) is 3.52. The molecule has 1 aromatic carbocycles. The number of nitrogens with zero attached hydrogens (tertiary/aromatic N) is 1. The van der Waals surface area contributed by atoms with Gasteiger partial charge in [0, 0.05) is 30.5 Å². The van der Waals surface area contributed by atoms with Crippen molar-refractivity contribution in [2.45, 2.75) is 18.6 Å². The highest BCUT2D eigenvalue weighted by Crippen LogP contribution is 2.27. The summed E-state index contributed by atoms with van der Waals surface area (Å²) in [6.07, 6.45) is 5.14. The zero-order chi connectivity index (χ0) is 25.4. The average molecular weight is 539 g/mol. The van der Waals surface area contributed by atoms with E-state index in [-0.39, 0.29) is 28.1 Å². The number of carboxylic acid groups (broad SMARTS) is 1. The molecule has 13 heteroatoms. The van der Waals surface area contributed by atoms with Crippen molar-refractivity contribution in [2.24, 2.45) is 4.99 Å². The van der Waals surface area contributed by atoms with E-state index >= 15 is 0 Å². The molecule has 0 saturated carbocycles. The summed E-state index contributed by atoms with van der Waals surface area (Å²) in [5.74, 6) is -1.56. The van der Waals surface area contributed by atoms with Crippen LogP contribution in [0.25, 0.3) is 6.08 Å². The van der Waals surface area contributed by atoms with Gasteiger partial charge >= 0.3 is 5.97 Å². The number of hydrogen-bond acceptors (Lipinski definition) is 7. The number of carboxylic acids is 1. The molecule has 10 nitrogen and oxygen atoms in total. The second-order valence-electron chi connectivity index (χ2n) is 7.18. The summed E-state index contributed by atoms with van der Waals surface area (Å²) >= 11 is 14.0. The van der Waals surface area contributed by atoms with Crippen LogP contribution in [0.5, 0.6) is 0 Å². The van der Waals surface area contributed by atoms with Crippen LogP contribution in [0.4, 0.5) is 0 Å². The van der Waals surface area contributed by atoms with Gasteiger partial charge in [0.1, 0.15) is 5.76 Å². The van der Waals surface area contributed by atoms with E-state index in [0.717, 1.165) is 6.21 Å². The van der Waals surface area contributed by atoms with Gasteiger partial charge in [-0.15, -0.1) is 11.8 Å². The molecule has 1 saturated heterocycles. The molecule has 35 heavy (non-hydrogen) atoms. The van der Waals surface area contributed by atoms with Crippen molar-refractivity contribution in [3.8, 4) is 0 Å². The second-order valence-corrected chi connectivity index (χ2v) is 9.02. The third-order valence-electron chi connectivity index (χ3n) is 4.66. The number of carbonyl (C=O) groups is 4. The Balaban J connectivity index is 1.62. The summed E-state index contributed by atoms with van der Waals surface area (Å²) in [6.45, 7) is 0.0721. The van der Waals surface area contributed by atoms with Crippen LogP contribution in [0.15, 0.2) is 46.0 Å². The topological polar surface area (TPSA) is 150 Å². The van der Waals surface area contributed by atoms with Gasteiger partial charge in [0.25, 0.3) is 11.8 Å². The van der Waals surface area contributed by atoms with Gasteiger partial charge < -0.3 is 20.2 Å². The first kappa shape index (κ1) is 26.5. The fourth-order valence-electron chi connectivity index (χ4n) is 2.90. The van der Waals surface area contributed by atoms with E-state index in [9.17, 15) is 24.3 Å². The molecule has 0 bridgehead atoms. The first-order valence-electron chi connectivity index (χ1n) is 10.1. The van der Waals surface area contributed by atoms with E-state index in [2.05, 4.69) is 20.9 Å². The predicted molar refractivity (Wildman–Crippen MR) is 133 cm³/mol. The Morgan fingerprint density at radius 1 is 1.29 bits per heavy atom. The molecule has 1 aromatic heterocycles. The van der Waals surface area contributed by atoms with Gasteiger partial charge in [-0.05, 0) is 35.9 Å². The molecule has 0 spiro atoms. The molecular weight excluding hydrogens is 519 g/mol. The molecule has 3 rings (SSSR count). The fourth-order valence-corrected chi connectivity index (χ4v) is 4.54. The van der Waals surface area contributed by atoms with Crippen LogP contribution in [0.2, 0.25) is 10.0 Å². The SMILES string of the molecule is O=C(/C=C/c1ccco1)NCc1cc(Cl)c(C(=O)N[C@@H](C=NC(=O)[C@@H]2CSCN2)C(=O)O)c(Cl)c1. The van der Waals surface area contributed by atoms with E-state index in [1.807, 2.05) is 0 Å². The number of amides is 3. The first-order valence-corrected chi connectivity index (χ1v) is 12.1. The molecule has 1 aliphatic rings. The minimum atomic E-state index is -1.58. The number of rotatable bonds is 9. The Morgan fingerprint density at radius 3 is 2.63 bits per heavy atom. The van der Waals surface area contributed by atoms with Crippen molar-refractivity contribution < 1.29 is 28.7 Å². The van der Waals surface area contributed by atoms with Crippen LogP contribution in [0.1, 0.15) is 21.7 Å². The fraction of sp³-hybridized carbons (Fsp3) is 0.227. The Hall–Kier alpha value is -3.12. The molecule has 0 aliphatic carbocycles. The van der Waals surface area contributed by atoms with Crippen LogP contribution in [0.3, 0.4) is 0 Å². The summed E-state index contributed by atoms with van der Waals surface area (Å²) in [7, 11) is 0. The number of furan rings is 1. The molecule has 184 valence electrons. The van der Waals surface area contributed by atoms with Gasteiger partial charge in [0.2, 0.25) is 5.91 Å². The second kappa shape index (κ2) is 12.5. The number of carbonyl (C=O) groups excluding carboxylic acids is 3.